The minimum Gasteiger partial charge on any atom is -0.422 e. The summed E-state index contributed by atoms with van der Waals surface area (Å²) in [4.78, 5) is 11.3. The topological polar surface area (TPSA) is 30.2 Å². The number of halogens is 1. The first-order chi connectivity index (χ1) is 7.75. The van der Waals surface area contributed by atoms with Crippen LogP contribution in [0.25, 0.3) is 21.7 Å². The second-order valence-corrected chi connectivity index (χ2v) is 3.99. The molecule has 0 saturated carbocycles. The largest absolute Gasteiger partial charge is 0.422 e. The third-order valence-corrected chi connectivity index (χ3v) is 2.86. The molecule has 0 saturated heterocycles. The number of hydrogen-bond acceptors (Lipinski definition) is 2. The van der Waals surface area contributed by atoms with E-state index in [9.17, 15) is 4.79 Å². The Morgan fingerprint density at radius 1 is 1.00 bits per heavy atom. The van der Waals surface area contributed by atoms with Crippen molar-refractivity contribution >= 4 is 33.3 Å². The van der Waals surface area contributed by atoms with Crippen molar-refractivity contribution in [3.05, 3.63) is 57.9 Å². The van der Waals surface area contributed by atoms with E-state index in [0.717, 1.165) is 16.2 Å². The highest BCUT2D eigenvalue weighted by Crippen LogP contribution is 2.25. The van der Waals surface area contributed by atoms with Gasteiger partial charge in [0.2, 0.25) is 0 Å². The normalized spacial score (nSPS) is 11.1. The fourth-order valence-corrected chi connectivity index (χ4v) is 2.00. The molecule has 16 heavy (non-hydrogen) atoms. The molecule has 0 aliphatic heterocycles. The highest BCUT2D eigenvalue weighted by Gasteiger charge is 2.05. The summed E-state index contributed by atoms with van der Waals surface area (Å²) in [5.41, 5.74) is 0.0672. The molecule has 0 amide bonds. The van der Waals surface area contributed by atoms with Crippen molar-refractivity contribution in [1.29, 1.82) is 0 Å². The maximum atomic E-state index is 11.3. The lowest BCUT2D eigenvalue weighted by molar-refractivity contribution is 0.562. The minimum absolute atomic E-state index is 0.115. The third-order valence-electron chi connectivity index (χ3n) is 2.60. The van der Waals surface area contributed by atoms with E-state index >= 15 is 0 Å². The number of benzene rings is 2. The quantitative estimate of drug-likeness (QED) is 0.436. The summed E-state index contributed by atoms with van der Waals surface area (Å²) in [5, 5.41) is 3.11. The molecule has 78 valence electrons. The van der Waals surface area contributed by atoms with E-state index < -0.39 is 5.63 Å². The number of fused-ring (bicyclic) bond motifs is 3. The molecule has 1 heterocycles. The lowest BCUT2D eigenvalue weighted by Gasteiger charge is -2.02. The zero-order valence-corrected chi connectivity index (χ0v) is 8.99. The SMILES string of the molecule is O=c1oc2ccc3ccccc3c2cc1Cl. The van der Waals surface area contributed by atoms with Crippen LogP contribution in [0.4, 0.5) is 0 Å². The van der Waals surface area contributed by atoms with Crippen LogP contribution < -0.4 is 5.63 Å². The van der Waals surface area contributed by atoms with Crippen molar-refractivity contribution in [1.82, 2.24) is 0 Å². The van der Waals surface area contributed by atoms with Crippen molar-refractivity contribution in [2.24, 2.45) is 0 Å². The standard InChI is InChI=1S/C13H7ClO2/c14-11-7-10-9-4-2-1-3-8(9)5-6-12(10)16-13(11)15/h1-7H. The maximum Gasteiger partial charge on any atom is 0.355 e. The van der Waals surface area contributed by atoms with Gasteiger partial charge in [0, 0.05) is 5.39 Å². The molecule has 0 unspecified atom stereocenters. The number of hydrogen-bond donors (Lipinski definition) is 0. The lowest BCUT2D eigenvalue weighted by atomic mass is 10.1. The van der Waals surface area contributed by atoms with E-state index in [1.54, 1.807) is 12.1 Å². The smallest absolute Gasteiger partial charge is 0.355 e. The third kappa shape index (κ3) is 1.31. The summed E-state index contributed by atoms with van der Waals surface area (Å²) < 4.78 is 5.11. The average molecular weight is 231 g/mol. The van der Waals surface area contributed by atoms with E-state index in [1.165, 1.54) is 0 Å². The van der Waals surface area contributed by atoms with Crippen molar-refractivity contribution in [2.75, 3.05) is 0 Å². The van der Waals surface area contributed by atoms with Gasteiger partial charge in [-0.1, -0.05) is 41.9 Å². The summed E-state index contributed by atoms with van der Waals surface area (Å²) in [7, 11) is 0. The van der Waals surface area contributed by atoms with Crippen molar-refractivity contribution in [3.63, 3.8) is 0 Å². The zero-order valence-electron chi connectivity index (χ0n) is 8.24. The molecule has 1 aromatic heterocycles. The van der Waals surface area contributed by atoms with E-state index in [-0.39, 0.29) is 5.02 Å². The first-order valence-electron chi connectivity index (χ1n) is 4.87. The second-order valence-electron chi connectivity index (χ2n) is 3.58. The van der Waals surface area contributed by atoms with Crippen LogP contribution in [0.2, 0.25) is 5.02 Å². The Balaban J connectivity index is 2.60. The molecule has 0 spiro atoms. The molecule has 2 nitrogen and oxygen atoms in total. The molecule has 0 bridgehead atoms. The van der Waals surface area contributed by atoms with Crippen molar-refractivity contribution < 1.29 is 4.42 Å². The molecule has 2 aromatic carbocycles. The monoisotopic (exact) mass is 230 g/mol. The van der Waals surface area contributed by atoms with Crippen LogP contribution in [-0.2, 0) is 0 Å². The van der Waals surface area contributed by atoms with Gasteiger partial charge < -0.3 is 4.42 Å². The summed E-state index contributed by atoms with van der Waals surface area (Å²) in [5.74, 6) is 0. The lowest BCUT2D eigenvalue weighted by Crippen LogP contribution is -1.98. The van der Waals surface area contributed by atoms with Gasteiger partial charge in [0.25, 0.3) is 0 Å². The van der Waals surface area contributed by atoms with Gasteiger partial charge in [-0.3, -0.25) is 0 Å². The van der Waals surface area contributed by atoms with E-state index in [1.807, 2.05) is 30.3 Å². The Hall–Kier alpha value is -1.80. The van der Waals surface area contributed by atoms with E-state index in [2.05, 4.69) is 0 Å². The van der Waals surface area contributed by atoms with Gasteiger partial charge in [0.05, 0.1) is 0 Å². The van der Waals surface area contributed by atoms with Gasteiger partial charge >= 0.3 is 5.63 Å². The first kappa shape index (κ1) is 9.43. The van der Waals surface area contributed by atoms with Crippen LogP contribution in [0.1, 0.15) is 0 Å². The van der Waals surface area contributed by atoms with Gasteiger partial charge in [0.15, 0.2) is 0 Å². The van der Waals surface area contributed by atoms with E-state index in [4.69, 9.17) is 16.0 Å². The summed E-state index contributed by atoms with van der Waals surface area (Å²) in [6.07, 6.45) is 0. The second kappa shape index (κ2) is 3.35. The Bertz CT molecular complexity index is 744. The van der Waals surface area contributed by atoms with Gasteiger partial charge in [0.1, 0.15) is 10.6 Å². The fourth-order valence-electron chi connectivity index (χ4n) is 1.85. The van der Waals surface area contributed by atoms with Gasteiger partial charge in [-0.15, -0.1) is 0 Å². The Kier molecular flexibility index (Phi) is 1.98. The molecule has 0 fully saturated rings. The van der Waals surface area contributed by atoms with Crippen LogP contribution in [0.3, 0.4) is 0 Å². The fraction of sp³-hybridized carbons (Fsp3) is 0. The molecular formula is C13H7ClO2. The highest BCUT2D eigenvalue weighted by atomic mass is 35.5. The minimum atomic E-state index is -0.496. The Morgan fingerprint density at radius 2 is 1.81 bits per heavy atom. The predicted octanol–water partition coefficient (Wildman–Crippen LogP) is 3.60. The van der Waals surface area contributed by atoms with Crippen molar-refractivity contribution in [3.8, 4) is 0 Å². The highest BCUT2D eigenvalue weighted by molar-refractivity contribution is 6.31. The maximum absolute atomic E-state index is 11.3. The molecule has 0 aliphatic carbocycles. The van der Waals surface area contributed by atoms with E-state index in [0.29, 0.717) is 5.58 Å². The van der Waals surface area contributed by atoms with Crippen LogP contribution >= 0.6 is 11.6 Å². The molecule has 0 atom stereocenters. The van der Waals surface area contributed by atoms with Gasteiger partial charge in [-0.25, -0.2) is 4.79 Å². The Labute approximate surface area is 96.1 Å². The predicted molar refractivity (Wildman–Crippen MR) is 65.0 cm³/mol. The van der Waals surface area contributed by atoms with Crippen LogP contribution in [0.5, 0.6) is 0 Å². The molecule has 0 N–H and O–H groups in total. The molecule has 3 heteroatoms. The number of rotatable bonds is 0. The summed E-state index contributed by atoms with van der Waals surface area (Å²) in [6, 6.07) is 13.3. The van der Waals surface area contributed by atoms with Crippen LogP contribution in [0.15, 0.2) is 51.7 Å². The summed E-state index contributed by atoms with van der Waals surface area (Å²) in [6.45, 7) is 0. The van der Waals surface area contributed by atoms with Gasteiger partial charge in [-0.05, 0) is 22.9 Å². The van der Waals surface area contributed by atoms with Gasteiger partial charge in [-0.2, -0.15) is 0 Å². The first-order valence-corrected chi connectivity index (χ1v) is 5.24. The summed E-state index contributed by atoms with van der Waals surface area (Å²) >= 11 is 5.78. The Morgan fingerprint density at radius 3 is 2.69 bits per heavy atom. The zero-order chi connectivity index (χ0) is 11.1. The molecule has 3 rings (SSSR count). The molecule has 0 aliphatic rings. The average Bonchev–Trinajstić information content (AvgIpc) is 2.31. The molecule has 0 radical (unpaired) electrons. The molecular weight excluding hydrogens is 224 g/mol. The van der Waals surface area contributed by atoms with Crippen LogP contribution in [0, 0.1) is 0 Å². The van der Waals surface area contributed by atoms with Crippen LogP contribution in [-0.4, -0.2) is 0 Å². The van der Waals surface area contributed by atoms with Crippen molar-refractivity contribution in [2.45, 2.75) is 0 Å². The molecule has 3 aromatic rings.